The van der Waals surface area contributed by atoms with Crippen LogP contribution < -0.4 is 0 Å². The molecule has 2 rings (SSSR count). The molecule has 1 N–H and O–H groups in total. The molecule has 0 aromatic rings. The molecule has 0 aromatic heterocycles. The largest absolute Gasteiger partial charge is 0.301 e. The lowest BCUT2D eigenvalue weighted by Crippen LogP contribution is -1.99. The molecule has 0 saturated carbocycles. The molecule has 0 spiro atoms. The zero-order valence-electron chi connectivity index (χ0n) is 8.22. The lowest BCUT2D eigenvalue weighted by molar-refractivity contribution is 1.21. The summed E-state index contributed by atoms with van der Waals surface area (Å²) in [5.41, 5.74) is 2.22. The second kappa shape index (κ2) is 4.46. The summed E-state index contributed by atoms with van der Waals surface area (Å²) >= 11 is 0. The number of rotatable bonds is 1. The molecular formula is C12H11N3. The molecule has 0 atom stereocenters. The molecule has 2 aliphatic rings. The maximum atomic E-state index is 7.32. The van der Waals surface area contributed by atoms with Gasteiger partial charge in [0, 0.05) is 6.42 Å². The minimum atomic E-state index is 0.488. The van der Waals surface area contributed by atoms with Crippen LogP contribution in [0.15, 0.2) is 58.8 Å². The van der Waals surface area contributed by atoms with Gasteiger partial charge in [0.2, 0.25) is 0 Å². The summed E-state index contributed by atoms with van der Waals surface area (Å²) in [6, 6.07) is 0. The predicted molar refractivity (Wildman–Crippen MR) is 63.8 cm³/mol. The molecule has 0 aliphatic heterocycles. The molecule has 0 bridgehead atoms. The zero-order chi connectivity index (χ0) is 10.5. The lowest BCUT2D eigenvalue weighted by atomic mass is 10.1. The molecular weight excluding hydrogens is 186 g/mol. The van der Waals surface area contributed by atoms with Crippen molar-refractivity contribution in [2.45, 2.75) is 6.42 Å². The van der Waals surface area contributed by atoms with E-state index < -0.39 is 0 Å². The Morgan fingerprint density at radius 3 is 2.40 bits per heavy atom. The molecule has 0 heterocycles. The maximum absolute atomic E-state index is 7.32. The number of allylic oxidation sites excluding steroid dienone is 8. The van der Waals surface area contributed by atoms with Gasteiger partial charge in [-0.1, -0.05) is 18.2 Å². The van der Waals surface area contributed by atoms with Crippen LogP contribution in [0.25, 0.3) is 0 Å². The molecule has 15 heavy (non-hydrogen) atoms. The minimum absolute atomic E-state index is 0.488. The monoisotopic (exact) mass is 197 g/mol. The van der Waals surface area contributed by atoms with Gasteiger partial charge in [-0.15, -0.1) is 0 Å². The van der Waals surface area contributed by atoms with Gasteiger partial charge in [0.05, 0.1) is 17.1 Å². The average Bonchev–Trinajstić information content (AvgIpc) is 2.30. The molecule has 74 valence electrons. The van der Waals surface area contributed by atoms with Crippen LogP contribution in [0.5, 0.6) is 0 Å². The van der Waals surface area contributed by atoms with E-state index in [0.717, 1.165) is 17.8 Å². The van der Waals surface area contributed by atoms with Crippen molar-refractivity contribution in [3.8, 4) is 0 Å². The average molecular weight is 197 g/mol. The Hall–Kier alpha value is -2.03. The summed E-state index contributed by atoms with van der Waals surface area (Å²) in [7, 11) is 0. The highest BCUT2D eigenvalue weighted by Crippen LogP contribution is 2.01. The van der Waals surface area contributed by atoms with Crippen LogP contribution in [0.4, 0.5) is 0 Å². The zero-order valence-corrected chi connectivity index (χ0v) is 8.22. The standard InChI is InChI=1S/C12H11N3/c13-10-6-8-12(9-7-10)15-14-11-4-2-1-3-5-11/h1-4,6-9,13H,5H2/b13-10?,14-11-,15-12?. The van der Waals surface area contributed by atoms with Crippen LogP contribution in [0, 0.1) is 5.41 Å². The van der Waals surface area contributed by atoms with Crippen LogP contribution in [0.3, 0.4) is 0 Å². The summed E-state index contributed by atoms with van der Waals surface area (Å²) in [5, 5.41) is 15.5. The summed E-state index contributed by atoms with van der Waals surface area (Å²) < 4.78 is 0. The molecule has 0 aromatic carbocycles. The van der Waals surface area contributed by atoms with Gasteiger partial charge < -0.3 is 5.41 Å². The normalized spacial score (nSPS) is 21.5. The molecule has 2 aliphatic carbocycles. The molecule has 3 nitrogen and oxygen atoms in total. The smallest absolute Gasteiger partial charge is 0.0858 e. The third kappa shape index (κ3) is 2.71. The fraction of sp³-hybridized carbons (Fsp3) is 0.0833. The SMILES string of the molecule is N=C1C=CC(=N/N=C2/C=CC=CC2)C=C1. The topological polar surface area (TPSA) is 48.6 Å². The van der Waals surface area contributed by atoms with Crippen LogP contribution in [0.1, 0.15) is 6.42 Å². The van der Waals surface area contributed by atoms with Crippen molar-refractivity contribution < 1.29 is 0 Å². The van der Waals surface area contributed by atoms with Crippen molar-refractivity contribution in [2.24, 2.45) is 10.2 Å². The molecule has 3 heteroatoms. The van der Waals surface area contributed by atoms with Gasteiger partial charge >= 0.3 is 0 Å². The van der Waals surface area contributed by atoms with E-state index in [1.807, 2.05) is 24.3 Å². The number of hydrogen-bond acceptors (Lipinski definition) is 3. The minimum Gasteiger partial charge on any atom is -0.301 e. The van der Waals surface area contributed by atoms with Crippen molar-refractivity contribution in [1.29, 1.82) is 5.41 Å². The van der Waals surface area contributed by atoms with Gasteiger partial charge in [0.15, 0.2) is 0 Å². The first-order chi connectivity index (χ1) is 7.34. The van der Waals surface area contributed by atoms with Gasteiger partial charge in [0.1, 0.15) is 0 Å². The van der Waals surface area contributed by atoms with E-state index in [4.69, 9.17) is 5.41 Å². The van der Waals surface area contributed by atoms with Crippen LogP contribution in [-0.4, -0.2) is 17.1 Å². The highest BCUT2D eigenvalue weighted by Gasteiger charge is 1.97. The van der Waals surface area contributed by atoms with Crippen molar-refractivity contribution in [2.75, 3.05) is 0 Å². The van der Waals surface area contributed by atoms with E-state index >= 15 is 0 Å². The Balaban J connectivity index is 2.09. The van der Waals surface area contributed by atoms with Gasteiger partial charge in [0.25, 0.3) is 0 Å². The summed E-state index contributed by atoms with van der Waals surface area (Å²) in [4.78, 5) is 0. The van der Waals surface area contributed by atoms with Gasteiger partial charge in [-0.2, -0.15) is 10.2 Å². The van der Waals surface area contributed by atoms with E-state index in [-0.39, 0.29) is 0 Å². The molecule has 0 saturated heterocycles. The number of nitrogens with zero attached hydrogens (tertiary/aromatic N) is 2. The number of hydrogen-bond donors (Lipinski definition) is 1. The van der Waals surface area contributed by atoms with Gasteiger partial charge in [-0.25, -0.2) is 0 Å². The van der Waals surface area contributed by atoms with Crippen LogP contribution in [0.2, 0.25) is 0 Å². The Morgan fingerprint density at radius 2 is 1.73 bits per heavy atom. The van der Waals surface area contributed by atoms with E-state index in [2.05, 4.69) is 10.2 Å². The summed E-state index contributed by atoms with van der Waals surface area (Å²) in [6.07, 6.45) is 15.7. The molecule has 0 amide bonds. The Kier molecular flexibility index (Phi) is 2.83. The molecule has 0 unspecified atom stereocenters. The van der Waals surface area contributed by atoms with Crippen LogP contribution >= 0.6 is 0 Å². The van der Waals surface area contributed by atoms with Crippen molar-refractivity contribution in [3.63, 3.8) is 0 Å². The predicted octanol–water partition coefficient (Wildman–Crippen LogP) is 2.45. The maximum Gasteiger partial charge on any atom is 0.0858 e. The van der Waals surface area contributed by atoms with Gasteiger partial charge in [-0.3, -0.25) is 0 Å². The quantitative estimate of drug-likeness (QED) is 0.496. The van der Waals surface area contributed by atoms with E-state index in [1.54, 1.807) is 24.3 Å². The third-order valence-electron chi connectivity index (χ3n) is 2.02. The van der Waals surface area contributed by atoms with Crippen molar-refractivity contribution in [1.82, 2.24) is 0 Å². The first-order valence-electron chi connectivity index (χ1n) is 4.77. The first-order valence-corrected chi connectivity index (χ1v) is 4.77. The molecule has 0 radical (unpaired) electrons. The van der Waals surface area contributed by atoms with Crippen molar-refractivity contribution >= 4 is 17.1 Å². The highest BCUT2D eigenvalue weighted by molar-refractivity contribution is 6.17. The third-order valence-corrected chi connectivity index (χ3v) is 2.02. The highest BCUT2D eigenvalue weighted by atomic mass is 15.2. The summed E-state index contributed by atoms with van der Waals surface area (Å²) in [6.45, 7) is 0. The van der Waals surface area contributed by atoms with E-state index in [0.29, 0.717) is 5.71 Å². The van der Waals surface area contributed by atoms with Crippen molar-refractivity contribution in [3.05, 3.63) is 48.6 Å². The van der Waals surface area contributed by atoms with Gasteiger partial charge in [-0.05, 0) is 30.4 Å². The second-order valence-corrected chi connectivity index (χ2v) is 3.23. The fourth-order valence-corrected chi connectivity index (χ4v) is 1.23. The Morgan fingerprint density at radius 1 is 0.933 bits per heavy atom. The Bertz CT molecular complexity index is 427. The number of nitrogens with one attached hydrogen (secondary N) is 1. The summed E-state index contributed by atoms with van der Waals surface area (Å²) in [5.74, 6) is 0. The van der Waals surface area contributed by atoms with Crippen LogP contribution in [-0.2, 0) is 0 Å². The lowest BCUT2D eigenvalue weighted by Gasteiger charge is -1.99. The molecule has 0 fully saturated rings. The first kappa shape index (κ1) is 9.52. The second-order valence-electron chi connectivity index (χ2n) is 3.23. The fourth-order valence-electron chi connectivity index (χ4n) is 1.23. The van der Waals surface area contributed by atoms with E-state index in [9.17, 15) is 0 Å². The Labute approximate surface area is 88.4 Å². The van der Waals surface area contributed by atoms with E-state index in [1.165, 1.54) is 0 Å².